The highest BCUT2D eigenvalue weighted by atomic mass is 32.2. The summed E-state index contributed by atoms with van der Waals surface area (Å²) in [7, 11) is -2.26. The van der Waals surface area contributed by atoms with Crippen LogP contribution in [-0.2, 0) is 14.8 Å². The highest BCUT2D eigenvalue weighted by molar-refractivity contribution is 7.92. The van der Waals surface area contributed by atoms with Crippen LogP contribution in [0, 0.1) is 6.92 Å². The predicted octanol–water partition coefficient (Wildman–Crippen LogP) is 3.40. The highest BCUT2D eigenvalue weighted by Gasteiger charge is 2.31. The zero-order chi connectivity index (χ0) is 21.9. The molecular weight excluding hydrogens is 402 g/mol. The van der Waals surface area contributed by atoms with Crippen molar-refractivity contribution in [1.29, 1.82) is 0 Å². The number of carbonyl (C=O) groups excluding carboxylic acids is 1. The van der Waals surface area contributed by atoms with Crippen molar-refractivity contribution in [1.82, 2.24) is 0 Å². The molecule has 1 fully saturated rings. The number of sulfonamides is 1. The predicted molar refractivity (Wildman–Crippen MR) is 121 cm³/mol. The molecule has 2 aromatic carbocycles. The Labute approximate surface area is 178 Å². The Morgan fingerprint density at radius 1 is 1.13 bits per heavy atom. The molecule has 0 unspecified atom stereocenters. The van der Waals surface area contributed by atoms with E-state index < -0.39 is 22.0 Å². The van der Waals surface area contributed by atoms with E-state index in [1.54, 1.807) is 19.1 Å². The van der Waals surface area contributed by atoms with Crippen molar-refractivity contribution in [3.8, 4) is 5.75 Å². The lowest BCUT2D eigenvalue weighted by atomic mass is 10.2. The van der Waals surface area contributed by atoms with Gasteiger partial charge in [-0.05, 0) is 68.7 Å². The lowest BCUT2D eigenvalue weighted by Crippen LogP contribution is -2.45. The molecule has 162 valence electrons. The minimum absolute atomic E-state index is 0.340. The average Bonchev–Trinajstić information content (AvgIpc) is 3.22. The second-order valence-electron chi connectivity index (χ2n) is 7.64. The Morgan fingerprint density at radius 2 is 1.77 bits per heavy atom. The molecule has 0 aromatic heterocycles. The molecule has 0 aliphatic carbocycles. The van der Waals surface area contributed by atoms with Crippen molar-refractivity contribution in [2.24, 2.45) is 0 Å². The van der Waals surface area contributed by atoms with Crippen molar-refractivity contribution in [2.75, 3.05) is 41.0 Å². The molecule has 30 heavy (non-hydrogen) atoms. The number of methoxy groups -OCH3 is 1. The fourth-order valence-corrected chi connectivity index (χ4v) is 4.90. The summed E-state index contributed by atoms with van der Waals surface area (Å²) in [5.41, 5.74) is 2.96. The van der Waals surface area contributed by atoms with Gasteiger partial charge in [0.1, 0.15) is 11.8 Å². The highest BCUT2D eigenvalue weighted by Crippen LogP contribution is 2.33. The van der Waals surface area contributed by atoms with Gasteiger partial charge in [0.05, 0.1) is 19.1 Å². The molecule has 1 heterocycles. The summed E-state index contributed by atoms with van der Waals surface area (Å²) in [6.45, 7) is 5.52. The molecule has 0 spiro atoms. The second kappa shape index (κ2) is 8.95. The number of nitrogens with zero attached hydrogens (tertiary/aromatic N) is 2. The van der Waals surface area contributed by atoms with E-state index in [1.165, 1.54) is 20.0 Å². The van der Waals surface area contributed by atoms with Gasteiger partial charge in [-0.15, -0.1) is 0 Å². The van der Waals surface area contributed by atoms with Gasteiger partial charge in [-0.3, -0.25) is 9.10 Å². The molecule has 1 aliphatic heterocycles. The van der Waals surface area contributed by atoms with Gasteiger partial charge < -0.3 is 15.0 Å². The van der Waals surface area contributed by atoms with Gasteiger partial charge in [-0.2, -0.15) is 0 Å². The quantitative estimate of drug-likeness (QED) is 0.727. The van der Waals surface area contributed by atoms with Crippen LogP contribution in [-0.4, -0.2) is 46.8 Å². The molecule has 1 saturated heterocycles. The Bertz CT molecular complexity index is 1000. The summed E-state index contributed by atoms with van der Waals surface area (Å²) in [6.07, 6.45) is 3.48. The summed E-state index contributed by atoms with van der Waals surface area (Å²) in [5, 5.41) is 2.83. The maximum Gasteiger partial charge on any atom is 0.247 e. The maximum atomic E-state index is 12.9. The number of rotatable bonds is 7. The van der Waals surface area contributed by atoms with Crippen LogP contribution >= 0.6 is 0 Å². The normalized spacial score (nSPS) is 15.0. The Morgan fingerprint density at radius 3 is 2.33 bits per heavy atom. The van der Waals surface area contributed by atoms with E-state index in [4.69, 9.17) is 4.74 Å². The van der Waals surface area contributed by atoms with Gasteiger partial charge in [-0.25, -0.2) is 8.42 Å². The summed E-state index contributed by atoms with van der Waals surface area (Å²) in [5.74, 6) is -0.0291. The number of amides is 1. The third-order valence-corrected chi connectivity index (χ3v) is 6.49. The van der Waals surface area contributed by atoms with Crippen LogP contribution in [0.25, 0.3) is 0 Å². The minimum atomic E-state index is -3.74. The largest absolute Gasteiger partial charge is 0.495 e. The number of benzene rings is 2. The minimum Gasteiger partial charge on any atom is -0.495 e. The van der Waals surface area contributed by atoms with Crippen LogP contribution in [0.5, 0.6) is 5.75 Å². The van der Waals surface area contributed by atoms with Crippen molar-refractivity contribution in [3.63, 3.8) is 0 Å². The first-order chi connectivity index (χ1) is 14.2. The van der Waals surface area contributed by atoms with E-state index in [1.807, 2.05) is 37.3 Å². The zero-order valence-electron chi connectivity index (χ0n) is 17.9. The SMILES string of the molecule is COc1ccc(C)cc1N([C@H](C)C(=O)Nc1ccc(N2CCCC2)cc1)S(C)(=O)=O. The van der Waals surface area contributed by atoms with Gasteiger partial charge in [-0.1, -0.05) is 6.07 Å². The Hall–Kier alpha value is -2.74. The van der Waals surface area contributed by atoms with Crippen LogP contribution < -0.4 is 19.3 Å². The van der Waals surface area contributed by atoms with Crippen LogP contribution in [0.3, 0.4) is 0 Å². The molecular formula is C22H29N3O4S. The number of anilines is 3. The van der Waals surface area contributed by atoms with Crippen molar-refractivity contribution >= 4 is 33.0 Å². The fraction of sp³-hybridized carbons (Fsp3) is 0.409. The van der Waals surface area contributed by atoms with Gasteiger partial charge in [0.25, 0.3) is 0 Å². The van der Waals surface area contributed by atoms with Crippen molar-refractivity contribution in [2.45, 2.75) is 32.7 Å². The summed E-state index contributed by atoms with van der Waals surface area (Å²) in [4.78, 5) is 15.2. The summed E-state index contributed by atoms with van der Waals surface area (Å²) in [6, 6.07) is 11.9. The molecule has 7 nitrogen and oxygen atoms in total. The third kappa shape index (κ3) is 4.87. The number of hydrogen-bond acceptors (Lipinski definition) is 5. The summed E-state index contributed by atoms with van der Waals surface area (Å²) >= 11 is 0. The molecule has 0 bridgehead atoms. The smallest absolute Gasteiger partial charge is 0.247 e. The first-order valence-electron chi connectivity index (χ1n) is 10.0. The van der Waals surface area contributed by atoms with Crippen molar-refractivity contribution in [3.05, 3.63) is 48.0 Å². The van der Waals surface area contributed by atoms with Crippen LogP contribution in [0.15, 0.2) is 42.5 Å². The van der Waals surface area contributed by atoms with E-state index in [0.29, 0.717) is 17.1 Å². The van der Waals surface area contributed by atoms with E-state index in [2.05, 4.69) is 10.2 Å². The monoisotopic (exact) mass is 431 g/mol. The van der Waals surface area contributed by atoms with Gasteiger partial charge in [0.2, 0.25) is 15.9 Å². The third-order valence-electron chi connectivity index (χ3n) is 5.27. The number of aryl methyl sites for hydroxylation is 1. The zero-order valence-corrected chi connectivity index (χ0v) is 18.7. The number of nitrogens with one attached hydrogen (secondary N) is 1. The number of ether oxygens (including phenoxy) is 1. The average molecular weight is 432 g/mol. The molecule has 3 rings (SSSR count). The molecule has 1 amide bonds. The number of hydrogen-bond donors (Lipinski definition) is 1. The Kier molecular flexibility index (Phi) is 6.55. The van der Waals surface area contributed by atoms with Gasteiger partial charge >= 0.3 is 0 Å². The Balaban J connectivity index is 1.82. The van der Waals surface area contributed by atoms with Crippen LogP contribution in [0.1, 0.15) is 25.3 Å². The maximum absolute atomic E-state index is 12.9. The number of carbonyl (C=O) groups is 1. The van der Waals surface area contributed by atoms with Gasteiger partial charge in [0, 0.05) is 24.5 Å². The van der Waals surface area contributed by atoms with Crippen molar-refractivity contribution < 1.29 is 17.9 Å². The standard InChI is InChI=1S/C22H29N3O4S/c1-16-7-12-21(29-3)20(15-16)25(30(4,27)28)17(2)22(26)23-18-8-10-19(11-9-18)24-13-5-6-14-24/h7-12,15,17H,5-6,13-14H2,1-4H3,(H,23,26)/t17-/m1/s1. The molecule has 1 N–H and O–H groups in total. The van der Waals surface area contributed by atoms with E-state index in [0.717, 1.165) is 34.9 Å². The molecule has 0 radical (unpaired) electrons. The lowest BCUT2D eigenvalue weighted by Gasteiger charge is -2.29. The fourth-order valence-electron chi connectivity index (χ4n) is 3.73. The van der Waals surface area contributed by atoms with E-state index in [9.17, 15) is 13.2 Å². The first kappa shape index (κ1) is 22.0. The molecule has 2 aromatic rings. The van der Waals surface area contributed by atoms with E-state index >= 15 is 0 Å². The van der Waals surface area contributed by atoms with Crippen LogP contribution in [0.2, 0.25) is 0 Å². The summed E-state index contributed by atoms with van der Waals surface area (Å²) < 4.78 is 31.6. The molecule has 8 heteroatoms. The van der Waals surface area contributed by atoms with Gasteiger partial charge in [0.15, 0.2) is 0 Å². The second-order valence-corrected chi connectivity index (χ2v) is 9.50. The molecule has 1 aliphatic rings. The van der Waals surface area contributed by atoms with Crippen LogP contribution in [0.4, 0.5) is 17.1 Å². The molecule has 0 saturated carbocycles. The van der Waals surface area contributed by atoms with E-state index in [-0.39, 0.29) is 0 Å². The topological polar surface area (TPSA) is 79.0 Å². The molecule has 1 atom stereocenters. The first-order valence-corrected chi connectivity index (χ1v) is 11.9. The lowest BCUT2D eigenvalue weighted by molar-refractivity contribution is -0.116.